The van der Waals surface area contributed by atoms with E-state index in [-0.39, 0.29) is 16.0 Å². The second-order valence-electron chi connectivity index (χ2n) is 4.21. The van der Waals surface area contributed by atoms with Crippen LogP contribution in [0.5, 0.6) is 5.75 Å². The SMILES string of the molecule is NS(=O)(=O)CCCNCc1ccc(OC(F)(F)F)c(Br)c1. The number of alkyl halides is 3. The van der Waals surface area contributed by atoms with Gasteiger partial charge in [-0.2, -0.15) is 0 Å². The standard InChI is InChI=1S/C11H14BrF3N2O3S/c12-9-6-8(2-3-10(9)20-11(13,14)15)7-17-4-1-5-21(16,18)19/h2-3,6,17H,1,4-5,7H2,(H2,16,18,19). The van der Waals surface area contributed by atoms with Gasteiger partial charge in [0, 0.05) is 6.54 Å². The molecule has 21 heavy (non-hydrogen) atoms. The number of benzene rings is 1. The van der Waals surface area contributed by atoms with E-state index in [9.17, 15) is 21.6 Å². The predicted molar refractivity (Wildman–Crippen MR) is 75.1 cm³/mol. The monoisotopic (exact) mass is 390 g/mol. The van der Waals surface area contributed by atoms with Gasteiger partial charge in [-0.25, -0.2) is 13.6 Å². The van der Waals surface area contributed by atoms with Crippen LogP contribution in [0.4, 0.5) is 13.2 Å². The molecule has 0 aliphatic heterocycles. The molecule has 0 fully saturated rings. The number of rotatable bonds is 7. The summed E-state index contributed by atoms with van der Waals surface area (Å²) in [5, 5.41) is 7.81. The first-order chi connectivity index (χ1) is 9.57. The molecule has 0 saturated carbocycles. The second-order valence-corrected chi connectivity index (χ2v) is 6.80. The smallest absolute Gasteiger partial charge is 0.405 e. The predicted octanol–water partition coefficient (Wildman–Crippen LogP) is 2.12. The van der Waals surface area contributed by atoms with Crippen molar-refractivity contribution in [1.82, 2.24) is 5.32 Å². The number of ether oxygens (including phenoxy) is 1. The van der Waals surface area contributed by atoms with Gasteiger partial charge in [0.15, 0.2) is 0 Å². The molecule has 0 aromatic heterocycles. The highest BCUT2D eigenvalue weighted by molar-refractivity contribution is 9.10. The molecule has 5 nitrogen and oxygen atoms in total. The largest absolute Gasteiger partial charge is 0.573 e. The van der Waals surface area contributed by atoms with Crippen LogP contribution in [0.3, 0.4) is 0 Å². The van der Waals surface area contributed by atoms with Crippen molar-refractivity contribution in [3.63, 3.8) is 0 Å². The summed E-state index contributed by atoms with van der Waals surface area (Å²) >= 11 is 3.00. The van der Waals surface area contributed by atoms with E-state index >= 15 is 0 Å². The molecule has 0 aliphatic rings. The van der Waals surface area contributed by atoms with Crippen molar-refractivity contribution in [3.05, 3.63) is 28.2 Å². The van der Waals surface area contributed by atoms with Gasteiger partial charge in [0.05, 0.1) is 10.2 Å². The fourth-order valence-corrected chi connectivity index (χ4v) is 2.55. The third kappa shape index (κ3) is 8.24. The van der Waals surface area contributed by atoms with Crippen molar-refractivity contribution < 1.29 is 26.3 Å². The number of nitrogens with two attached hydrogens (primary N) is 1. The Balaban J connectivity index is 2.45. The topological polar surface area (TPSA) is 81.4 Å². The van der Waals surface area contributed by atoms with Crippen molar-refractivity contribution in [2.75, 3.05) is 12.3 Å². The number of hydrogen-bond donors (Lipinski definition) is 2. The first-order valence-corrected chi connectivity index (χ1v) is 8.33. The highest BCUT2D eigenvalue weighted by atomic mass is 79.9. The first-order valence-electron chi connectivity index (χ1n) is 5.82. The molecule has 0 aliphatic carbocycles. The molecule has 120 valence electrons. The Morgan fingerprint density at radius 3 is 2.52 bits per heavy atom. The van der Waals surface area contributed by atoms with E-state index in [1.165, 1.54) is 18.2 Å². The molecule has 0 atom stereocenters. The van der Waals surface area contributed by atoms with Crippen LogP contribution >= 0.6 is 15.9 Å². The minimum absolute atomic E-state index is 0.123. The second kappa shape index (κ2) is 7.43. The molecule has 1 aromatic carbocycles. The normalized spacial score (nSPS) is 12.4. The number of halogens is 4. The first kappa shape index (κ1) is 18.2. The Hall–Kier alpha value is -0.840. The Morgan fingerprint density at radius 1 is 1.33 bits per heavy atom. The lowest BCUT2D eigenvalue weighted by Crippen LogP contribution is -2.22. The summed E-state index contributed by atoms with van der Waals surface area (Å²) in [6.07, 6.45) is -4.38. The quantitative estimate of drug-likeness (QED) is 0.698. The van der Waals surface area contributed by atoms with Gasteiger partial charge in [-0.15, -0.1) is 13.2 Å². The Kier molecular flexibility index (Phi) is 6.44. The summed E-state index contributed by atoms with van der Waals surface area (Å²) in [6.45, 7) is 0.810. The zero-order valence-electron chi connectivity index (χ0n) is 10.8. The van der Waals surface area contributed by atoms with Crippen LogP contribution in [0.1, 0.15) is 12.0 Å². The van der Waals surface area contributed by atoms with Crippen molar-refractivity contribution in [1.29, 1.82) is 0 Å². The van der Waals surface area contributed by atoms with E-state index in [0.717, 1.165) is 5.56 Å². The van der Waals surface area contributed by atoms with Crippen molar-refractivity contribution in [3.8, 4) is 5.75 Å². The summed E-state index contributed by atoms with van der Waals surface area (Å²) in [6, 6.07) is 4.19. The third-order valence-electron chi connectivity index (χ3n) is 2.33. The maximum Gasteiger partial charge on any atom is 0.573 e. The van der Waals surface area contributed by atoms with E-state index in [1.54, 1.807) is 0 Å². The van der Waals surface area contributed by atoms with Crippen LogP contribution in [-0.4, -0.2) is 27.1 Å². The van der Waals surface area contributed by atoms with Gasteiger partial charge in [-0.1, -0.05) is 6.07 Å². The van der Waals surface area contributed by atoms with E-state index < -0.39 is 16.4 Å². The highest BCUT2D eigenvalue weighted by Gasteiger charge is 2.31. The van der Waals surface area contributed by atoms with Crippen LogP contribution in [-0.2, 0) is 16.6 Å². The molecule has 0 heterocycles. The molecule has 3 N–H and O–H groups in total. The fraction of sp³-hybridized carbons (Fsp3) is 0.455. The van der Waals surface area contributed by atoms with Crippen LogP contribution in [0.25, 0.3) is 0 Å². The number of nitrogens with one attached hydrogen (secondary N) is 1. The van der Waals surface area contributed by atoms with Crippen molar-refractivity contribution in [2.24, 2.45) is 5.14 Å². The fourth-order valence-electron chi connectivity index (χ4n) is 1.49. The maximum absolute atomic E-state index is 12.1. The number of hydrogen-bond acceptors (Lipinski definition) is 4. The van der Waals surface area contributed by atoms with E-state index in [2.05, 4.69) is 26.0 Å². The van der Waals surface area contributed by atoms with Crippen molar-refractivity contribution >= 4 is 26.0 Å². The maximum atomic E-state index is 12.1. The van der Waals surface area contributed by atoms with Gasteiger partial charge in [0.25, 0.3) is 0 Å². The average Bonchev–Trinajstić information content (AvgIpc) is 2.29. The molecule has 0 unspecified atom stereocenters. The van der Waals surface area contributed by atoms with Crippen LogP contribution < -0.4 is 15.2 Å². The zero-order chi connectivity index (χ0) is 16.1. The average molecular weight is 391 g/mol. The summed E-state index contributed by atoms with van der Waals surface area (Å²) in [7, 11) is -3.47. The van der Waals surface area contributed by atoms with E-state index in [1.807, 2.05) is 0 Å². The number of primary sulfonamides is 1. The summed E-state index contributed by atoms with van der Waals surface area (Å²) < 4.78 is 61.7. The van der Waals surface area contributed by atoms with Gasteiger partial charge >= 0.3 is 6.36 Å². The van der Waals surface area contributed by atoms with Gasteiger partial charge < -0.3 is 10.1 Å². The zero-order valence-corrected chi connectivity index (χ0v) is 13.2. The summed E-state index contributed by atoms with van der Waals surface area (Å²) in [5.74, 6) is -0.442. The highest BCUT2D eigenvalue weighted by Crippen LogP contribution is 2.30. The Morgan fingerprint density at radius 2 is 2.00 bits per heavy atom. The molecule has 1 aromatic rings. The summed E-state index contributed by atoms with van der Waals surface area (Å²) in [5.41, 5.74) is 0.729. The lowest BCUT2D eigenvalue weighted by atomic mass is 10.2. The number of sulfonamides is 1. The van der Waals surface area contributed by atoms with Crippen LogP contribution in [0.15, 0.2) is 22.7 Å². The van der Waals surface area contributed by atoms with Crippen LogP contribution in [0.2, 0.25) is 0 Å². The molecular weight excluding hydrogens is 377 g/mol. The molecule has 10 heteroatoms. The molecular formula is C11H14BrF3N2O3S. The Labute approximate surface area is 128 Å². The Bertz CT molecular complexity index is 579. The molecule has 0 spiro atoms. The van der Waals surface area contributed by atoms with Gasteiger partial charge in [0.1, 0.15) is 5.75 Å². The van der Waals surface area contributed by atoms with E-state index in [0.29, 0.717) is 19.5 Å². The lowest BCUT2D eigenvalue weighted by Gasteiger charge is -2.12. The van der Waals surface area contributed by atoms with E-state index in [4.69, 9.17) is 5.14 Å². The van der Waals surface area contributed by atoms with Gasteiger partial charge in [-0.3, -0.25) is 0 Å². The molecule has 0 saturated heterocycles. The van der Waals surface area contributed by atoms with Gasteiger partial charge in [-0.05, 0) is 46.6 Å². The molecule has 1 rings (SSSR count). The minimum Gasteiger partial charge on any atom is -0.405 e. The van der Waals surface area contributed by atoms with Gasteiger partial charge in [0.2, 0.25) is 10.0 Å². The summed E-state index contributed by atoms with van der Waals surface area (Å²) in [4.78, 5) is 0. The minimum atomic E-state index is -4.74. The molecule has 0 radical (unpaired) electrons. The van der Waals surface area contributed by atoms with Crippen LogP contribution in [0, 0.1) is 0 Å². The molecule has 0 bridgehead atoms. The molecule has 0 amide bonds. The third-order valence-corrected chi connectivity index (χ3v) is 3.81. The van der Waals surface area contributed by atoms with Crippen molar-refractivity contribution in [2.45, 2.75) is 19.3 Å². The lowest BCUT2D eigenvalue weighted by molar-refractivity contribution is -0.274.